The maximum atomic E-state index is 12.4. The van der Waals surface area contributed by atoms with E-state index in [1.807, 2.05) is 19.1 Å². The van der Waals surface area contributed by atoms with Crippen molar-refractivity contribution in [3.05, 3.63) is 64.1 Å². The molecule has 0 aromatic heterocycles. The van der Waals surface area contributed by atoms with E-state index in [0.717, 1.165) is 22.2 Å². The van der Waals surface area contributed by atoms with Crippen LogP contribution in [0.15, 0.2) is 47.4 Å². The summed E-state index contributed by atoms with van der Waals surface area (Å²) in [5, 5.41) is 8.67. The van der Waals surface area contributed by atoms with Gasteiger partial charge in [-0.05, 0) is 48.5 Å². The van der Waals surface area contributed by atoms with Crippen molar-refractivity contribution in [2.75, 3.05) is 13.2 Å². The molecular weight excluding hydrogens is 418 g/mol. The minimum atomic E-state index is -0.762. The maximum Gasteiger partial charge on any atom is 0.294 e. The highest BCUT2D eigenvalue weighted by Crippen LogP contribution is 2.34. The fourth-order valence-corrected chi connectivity index (χ4v) is 3.69. The lowest BCUT2D eigenvalue weighted by atomic mass is 10.1. The molecule has 2 aromatic carbocycles. The van der Waals surface area contributed by atoms with Gasteiger partial charge in [0.05, 0.1) is 23.1 Å². The number of rotatable bonds is 8. The standard InChI is InChI=1S/C22H19N3O5S/c1-2-29-18-9-14(10-19-21(27)25(12-20(24)26)22(28)31-19)7-8-17(18)30-13-16-6-4-3-5-15(16)11-23/h3-10H,2,12-13H2,1H3,(H2,24,26)/b19-10-. The molecule has 0 atom stereocenters. The molecule has 158 valence electrons. The fraction of sp³-hybridized carbons (Fsp3) is 0.182. The topological polar surface area (TPSA) is 123 Å². The van der Waals surface area contributed by atoms with Crippen molar-refractivity contribution >= 4 is 34.9 Å². The molecule has 1 aliphatic rings. The predicted molar refractivity (Wildman–Crippen MR) is 115 cm³/mol. The Morgan fingerprint density at radius 1 is 1.19 bits per heavy atom. The highest BCUT2D eigenvalue weighted by Gasteiger charge is 2.35. The van der Waals surface area contributed by atoms with E-state index < -0.39 is 23.6 Å². The molecule has 9 heteroatoms. The van der Waals surface area contributed by atoms with E-state index in [-0.39, 0.29) is 11.5 Å². The van der Waals surface area contributed by atoms with E-state index in [1.165, 1.54) is 0 Å². The molecule has 0 spiro atoms. The molecule has 0 saturated carbocycles. The molecule has 1 fully saturated rings. The number of ether oxygens (including phenoxy) is 2. The number of hydrogen-bond acceptors (Lipinski definition) is 7. The first kappa shape index (κ1) is 21.9. The summed E-state index contributed by atoms with van der Waals surface area (Å²) >= 11 is 0.742. The monoisotopic (exact) mass is 437 g/mol. The minimum Gasteiger partial charge on any atom is -0.490 e. The summed E-state index contributed by atoms with van der Waals surface area (Å²) in [6.45, 7) is 1.96. The Morgan fingerprint density at radius 3 is 2.68 bits per heavy atom. The van der Waals surface area contributed by atoms with Crippen LogP contribution in [-0.2, 0) is 16.2 Å². The van der Waals surface area contributed by atoms with Crippen LogP contribution in [0, 0.1) is 11.3 Å². The summed E-state index contributed by atoms with van der Waals surface area (Å²) in [7, 11) is 0. The van der Waals surface area contributed by atoms with Crippen molar-refractivity contribution in [1.29, 1.82) is 5.26 Å². The van der Waals surface area contributed by atoms with Gasteiger partial charge < -0.3 is 15.2 Å². The van der Waals surface area contributed by atoms with Crippen molar-refractivity contribution in [2.24, 2.45) is 5.73 Å². The van der Waals surface area contributed by atoms with Gasteiger partial charge in [-0.1, -0.05) is 24.3 Å². The number of nitrogens with zero attached hydrogens (tertiary/aromatic N) is 2. The van der Waals surface area contributed by atoms with Crippen LogP contribution in [0.5, 0.6) is 11.5 Å². The number of hydrogen-bond donors (Lipinski definition) is 1. The van der Waals surface area contributed by atoms with Crippen LogP contribution in [0.25, 0.3) is 6.08 Å². The van der Waals surface area contributed by atoms with Crippen molar-refractivity contribution in [2.45, 2.75) is 13.5 Å². The summed E-state index contributed by atoms with van der Waals surface area (Å²) in [4.78, 5) is 36.4. The molecule has 2 aromatic rings. The van der Waals surface area contributed by atoms with Crippen LogP contribution in [0.2, 0.25) is 0 Å². The number of carbonyl (C=O) groups is 3. The molecule has 0 unspecified atom stereocenters. The van der Waals surface area contributed by atoms with Crippen LogP contribution < -0.4 is 15.2 Å². The average molecular weight is 437 g/mol. The summed E-state index contributed by atoms with van der Waals surface area (Å²) in [5.41, 5.74) is 7.00. The minimum absolute atomic E-state index is 0.185. The van der Waals surface area contributed by atoms with Gasteiger partial charge in [0.25, 0.3) is 11.1 Å². The van der Waals surface area contributed by atoms with E-state index in [2.05, 4.69) is 6.07 Å². The van der Waals surface area contributed by atoms with Gasteiger partial charge in [-0.2, -0.15) is 5.26 Å². The highest BCUT2D eigenvalue weighted by molar-refractivity contribution is 8.18. The zero-order valence-corrected chi connectivity index (χ0v) is 17.5. The number of imide groups is 1. The molecule has 0 radical (unpaired) electrons. The second-order valence-corrected chi connectivity index (χ2v) is 7.42. The van der Waals surface area contributed by atoms with E-state index in [0.29, 0.717) is 29.2 Å². The number of thioether (sulfide) groups is 1. The van der Waals surface area contributed by atoms with Gasteiger partial charge in [-0.3, -0.25) is 19.3 Å². The number of carbonyl (C=O) groups excluding carboxylic acids is 3. The molecule has 1 saturated heterocycles. The van der Waals surface area contributed by atoms with Gasteiger partial charge in [-0.15, -0.1) is 0 Å². The molecule has 1 heterocycles. The van der Waals surface area contributed by atoms with Crippen LogP contribution in [-0.4, -0.2) is 35.1 Å². The second-order valence-electron chi connectivity index (χ2n) is 6.43. The molecule has 2 N–H and O–H groups in total. The lowest BCUT2D eigenvalue weighted by Gasteiger charge is -2.13. The Hall–Kier alpha value is -3.77. The molecule has 3 rings (SSSR count). The largest absolute Gasteiger partial charge is 0.490 e. The van der Waals surface area contributed by atoms with Gasteiger partial charge >= 0.3 is 0 Å². The van der Waals surface area contributed by atoms with Gasteiger partial charge in [0, 0.05) is 5.56 Å². The molecule has 8 nitrogen and oxygen atoms in total. The van der Waals surface area contributed by atoms with Crippen molar-refractivity contribution < 1.29 is 23.9 Å². The third-order valence-electron chi connectivity index (χ3n) is 4.27. The zero-order chi connectivity index (χ0) is 22.4. The van der Waals surface area contributed by atoms with Crippen LogP contribution in [0.4, 0.5) is 4.79 Å². The van der Waals surface area contributed by atoms with E-state index in [9.17, 15) is 19.6 Å². The lowest BCUT2D eigenvalue weighted by Crippen LogP contribution is -2.36. The molecular formula is C22H19N3O5S. The Morgan fingerprint density at radius 2 is 1.97 bits per heavy atom. The number of primary amides is 1. The summed E-state index contributed by atoms with van der Waals surface area (Å²) < 4.78 is 11.5. The molecule has 0 bridgehead atoms. The first-order chi connectivity index (χ1) is 14.9. The van der Waals surface area contributed by atoms with Gasteiger partial charge in [0.2, 0.25) is 5.91 Å². The van der Waals surface area contributed by atoms with Crippen LogP contribution in [0.3, 0.4) is 0 Å². The Kier molecular flexibility index (Phi) is 6.95. The molecule has 0 aliphatic carbocycles. The average Bonchev–Trinajstić information content (AvgIpc) is 3.00. The first-order valence-corrected chi connectivity index (χ1v) is 10.2. The van der Waals surface area contributed by atoms with Crippen molar-refractivity contribution in [3.63, 3.8) is 0 Å². The number of amides is 3. The quantitative estimate of drug-likeness (QED) is 0.630. The third kappa shape index (κ3) is 5.24. The Bertz CT molecular complexity index is 1110. The van der Waals surface area contributed by atoms with Crippen molar-refractivity contribution in [1.82, 2.24) is 4.90 Å². The summed E-state index contributed by atoms with van der Waals surface area (Å²) in [6, 6.07) is 14.4. The normalized spacial score (nSPS) is 14.6. The molecule has 31 heavy (non-hydrogen) atoms. The van der Waals surface area contributed by atoms with E-state index in [4.69, 9.17) is 15.2 Å². The Labute approximate surface area is 183 Å². The molecule has 1 aliphatic heterocycles. The van der Waals surface area contributed by atoms with E-state index in [1.54, 1.807) is 36.4 Å². The zero-order valence-electron chi connectivity index (χ0n) is 16.7. The van der Waals surface area contributed by atoms with Crippen molar-refractivity contribution in [3.8, 4) is 17.6 Å². The summed E-state index contributed by atoms with van der Waals surface area (Å²) in [5.74, 6) is -0.391. The second kappa shape index (κ2) is 9.82. The SMILES string of the molecule is CCOc1cc(/C=C2\SC(=O)N(CC(N)=O)C2=O)ccc1OCc1ccccc1C#N. The van der Waals surface area contributed by atoms with Gasteiger partial charge in [-0.25, -0.2) is 0 Å². The smallest absolute Gasteiger partial charge is 0.294 e. The van der Waals surface area contributed by atoms with E-state index >= 15 is 0 Å². The first-order valence-electron chi connectivity index (χ1n) is 9.34. The predicted octanol–water partition coefficient (Wildman–Crippen LogP) is 3.06. The number of nitrogens with two attached hydrogens (primary N) is 1. The summed E-state index contributed by atoms with van der Waals surface area (Å²) in [6.07, 6.45) is 1.54. The fourth-order valence-electron chi connectivity index (χ4n) is 2.86. The van der Waals surface area contributed by atoms with Crippen LogP contribution in [0.1, 0.15) is 23.6 Å². The third-order valence-corrected chi connectivity index (χ3v) is 5.18. The van der Waals surface area contributed by atoms with Crippen LogP contribution >= 0.6 is 11.8 Å². The Balaban J connectivity index is 1.81. The highest BCUT2D eigenvalue weighted by atomic mass is 32.2. The lowest BCUT2D eigenvalue weighted by molar-refractivity contribution is -0.127. The van der Waals surface area contributed by atoms with Gasteiger partial charge in [0.1, 0.15) is 13.2 Å². The molecule has 3 amide bonds. The number of nitriles is 1. The maximum absolute atomic E-state index is 12.4. The van der Waals surface area contributed by atoms with Gasteiger partial charge in [0.15, 0.2) is 11.5 Å². The number of benzene rings is 2.